The Morgan fingerprint density at radius 1 is 1.19 bits per heavy atom. The molecule has 2 N–H and O–H groups in total. The molecule has 7 heteroatoms. The van der Waals surface area contributed by atoms with Crippen LogP contribution in [0.5, 0.6) is 0 Å². The third-order valence-corrected chi connectivity index (χ3v) is 5.64. The molecule has 1 aromatic heterocycles. The number of hydrogen-bond donors (Lipinski definition) is 2. The smallest absolute Gasteiger partial charge is 0.223 e. The molecule has 0 bridgehead atoms. The van der Waals surface area contributed by atoms with Crippen LogP contribution >= 0.6 is 23.7 Å². The summed E-state index contributed by atoms with van der Waals surface area (Å²) in [5.74, 6) is 0.204. The number of carbonyl (C=O) groups excluding carboxylic acids is 1. The predicted octanol–water partition coefficient (Wildman–Crippen LogP) is 2.53. The van der Waals surface area contributed by atoms with Gasteiger partial charge < -0.3 is 15.3 Å². The molecule has 5 nitrogen and oxygen atoms in total. The summed E-state index contributed by atoms with van der Waals surface area (Å²) in [6, 6.07) is 14.1. The van der Waals surface area contributed by atoms with Crippen molar-refractivity contribution in [1.82, 2.24) is 15.1 Å². The minimum atomic E-state index is -0.520. The third-order valence-electron chi connectivity index (χ3n) is 4.66. The zero-order valence-corrected chi connectivity index (χ0v) is 17.1. The Kier molecular flexibility index (Phi) is 9.24. The van der Waals surface area contributed by atoms with Crippen molar-refractivity contribution in [3.63, 3.8) is 0 Å². The Labute approximate surface area is 171 Å². The molecule has 2 heterocycles. The fourth-order valence-electron chi connectivity index (χ4n) is 3.22. The molecule has 3 rings (SSSR count). The zero-order chi connectivity index (χ0) is 18.2. The van der Waals surface area contributed by atoms with E-state index in [0.29, 0.717) is 19.5 Å². The average Bonchev–Trinajstić information content (AvgIpc) is 3.22. The number of hydrogen-bond acceptors (Lipinski definition) is 5. The number of nitrogens with one attached hydrogen (secondary N) is 1. The van der Waals surface area contributed by atoms with Gasteiger partial charge in [0.05, 0.1) is 0 Å². The molecule has 1 aliphatic heterocycles. The molecule has 0 saturated carbocycles. The van der Waals surface area contributed by atoms with Gasteiger partial charge in [-0.3, -0.25) is 9.69 Å². The number of benzene rings is 1. The third kappa shape index (κ3) is 6.90. The SMILES string of the molecule is Cl.O=C(CCN(Cc1ccccc1)CC(O)c1cccs1)N1CCNCC1. The predicted molar refractivity (Wildman–Crippen MR) is 112 cm³/mol. The van der Waals surface area contributed by atoms with E-state index in [9.17, 15) is 9.90 Å². The van der Waals surface area contributed by atoms with Crippen molar-refractivity contribution in [3.8, 4) is 0 Å². The number of aliphatic hydroxyl groups is 1. The highest BCUT2D eigenvalue weighted by molar-refractivity contribution is 7.10. The van der Waals surface area contributed by atoms with Crippen molar-refractivity contribution < 1.29 is 9.90 Å². The summed E-state index contributed by atoms with van der Waals surface area (Å²) in [7, 11) is 0. The van der Waals surface area contributed by atoms with Gasteiger partial charge in [-0.2, -0.15) is 0 Å². The maximum atomic E-state index is 12.5. The Bertz CT molecular complexity index is 663. The van der Waals surface area contributed by atoms with Gasteiger partial charge in [0.15, 0.2) is 0 Å². The average molecular weight is 410 g/mol. The van der Waals surface area contributed by atoms with Crippen LogP contribution in [-0.2, 0) is 11.3 Å². The number of carbonyl (C=O) groups is 1. The van der Waals surface area contributed by atoms with Gasteiger partial charge in [0.2, 0.25) is 5.91 Å². The molecule has 1 atom stereocenters. The monoisotopic (exact) mass is 409 g/mol. The normalized spacial score (nSPS) is 15.4. The van der Waals surface area contributed by atoms with E-state index in [0.717, 1.165) is 37.6 Å². The van der Waals surface area contributed by atoms with E-state index >= 15 is 0 Å². The standard InChI is InChI=1S/C20H27N3O2S.ClH/c24-18(19-7-4-14-26-19)16-22(15-17-5-2-1-3-6-17)11-8-20(25)23-12-9-21-10-13-23;/h1-7,14,18,21,24H,8-13,15-16H2;1H. The topological polar surface area (TPSA) is 55.8 Å². The second-order valence-corrected chi connectivity index (χ2v) is 7.61. The second-order valence-electron chi connectivity index (χ2n) is 6.63. The summed E-state index contributed by atoms with van der Waals surface area (Å²) in [4.78, 5) is 17.6. The van der Waals surface area contributed by atoms with Crippen LogP contribution in [0, 0.1) is 0 Å². The minimum absolute atomic E-state index is 0. The molecule has 0 spiro atoms. The molecule has 1 aromatic carbocycles. The molecular weight excluding hydrogens is 382 g/mol. The van der Waals surface area contributed by atoms with E-state index in [1.807, 2.05) is 40.6 Å². The highest BCUT2D eigenvalue weighted by atomic mass is 35.5. The fraction of sp³-hybridized carbons (Fsp3) is 0.450. The molecule has 0 aliphatic carbocycles. The summed E-state index contributed by atoms with van der Waals surface area (Å²) >= 11 is 1.57. The van der Waals surface area contributed by atoms with Crippen LogP contribution < -0.4 is 5.32 Å². The van der Waals surface area contributed by atoms with Gasteiger partial charge in [-0.15, -0.1) is 23.7 Å². The maximum absolute atomic E-state index is 12.5. The summed E-state index contributed by atoms with van der Waals surface area (Å²) in [5, 5.41) is 15.8. The van der Waals surface area contributed by atoms with E-state index in [2.05, 4.69) is 22.3 Å². The van der Waals surface area contributed by atoms with Crippen molar-refractivity contribution in [2.24, 2.45) is 0 Å². The Morgan fingerprint density at radius 2 is 1.93 bits per heavy atom. The maximum Gasteiger partial charge on any atom is 0.223 e. The number of amides is 1. The number of halogens is 1. The lowest BCUT2D eigenvalue weighted by molar-refractivity contribution is -0.132. The number of rotatable bonds is 8. The van der Waals surface area contributed by atoms with E-state index in [1.54, 1.807) is 11.3 Å². The van der Waals surface area contributed by atoms with Gasteiger partial charge in [-0.1, -0.05) is 36.4 Å². The van der Waals surface area contributed by atoms with Gasteiger partial charge in [0, 0.05) is 57.1 Å². The molecule has 1 aliphatic rings. The molecule has 27 heavy (non-hydrogen) atoms. The number of nitrogens with zero attached hydrogens (tertiary/aromatic N) is 2. The van der Waals surface area contributed by atoms with Crippen LogP contribution in [0.15, 0.2) is 47.8 Å². The van der Waals surface area contributed by atoms with E-state index in [1.165, 1.54) is 5.56 Å². The lowest BCUT2D eigenvalue weighted by Crippen LogP contribution is -2.47. The number of aliphatic hydroxyl groups excluding tert-OH is 1. The summed E-state index contributed by atoms with van der Waals surface area (Å²) in [6.07, 6.45) is -0.0303. The Balaban J connectivity index is 0.00000261. The lowest BCUT2D eigenvalue weighted by atomic mass is 10.2. The number of thiophene rings is 1. The largest absolute Gasteiger partial charge is 0.386 e. The Hall–Kier alpha value is -1.44. The van der Waals surface area contributed by atoms with Crippen LogP contribution in [0.4, 0.5) is 0 Å². The van der Waals surface area contributed by atoms with Crippen LogP contribution in [0.2, 0.25) is 0 Å². The summed E-state index contributed by atoms with van der Waals surface area (Å²) < 4.78 is 0. The minimum Gasteiger partial charge on any atom is -0.386 e. The zero-order valence-electron chi connectivity index (χ0n) is 15.4. The van der Waals surface area contributed by atoms with Gasteiger partial charge in [-0.05, 0) is 17.0 Å². The van der Waals surface area contributed by atoms with E-state index in [-0.39, 0.29) is 18.3 Å². The van der Waals surface area contributed by atoms with Crippen molar-refractivity contribution in [2.45, 2.75) is 19.1 Å². The van der Waals surface area contributed by atoms with Gasteiger partial charge in [0.1, 0.15) is 6.10 Å². The fourth-order valence-corrected chi connectivity index (χ4v) is 3.92. The quantitative estimate of drug-likeness (QED) is 0.703. The summed E-state index contributed by atoms with van der Waals surface area (Å²) in [6.45, 7) is 5.24. The van der Waals surface area contributed by atoms with Crippen LogP contribution in [0.25, 0.3) is 0 Å². The first kappa shape index (κ1) is 21.9. The first-order valence-electron chi connectivity index (χ1n) is 9.18. The van der Waals surface area contributed by atoms with Crippen molar-refractivity contribution in [3.05, 3.63) is 58.3 Å². The van der Waals surface area contributed by atoms with Crippen LogP contribution in [0.1, 0.15) is 23.0 Å². The van der Waals surface area contributed by atoms with Crippen molar-refractivity contribution >= 4 is 29.7 Å². The Morgan fingerprint density at radius 3 is 2.59 bits per heavy atom. The number of piperazine rings is 1. The van der Waals surface area contributed by atoms with Gasteiger partial charge >= 0.3 is 0 Å². The molecule has 1 fully saturated rings. The first-order valence-corrected chi connectivity index (χ1v) is 10.1. The molecule has 1 unspecified atom stereocenters. The summed E-state index contributed by atoms with van der Waals surface area (Å²) in [5.41, 5.74) is 1.19. The highest BCUT2D eigenvalue weighted by Crippen LogP contribution is 2.21. The molecule has 1 saturated heterocycles. The molecule has 148 valence electrons. The van der Waals surface area contributed by atoms with Crippen LogP contribution in [-0.4, -0.2) is 60.1 Å². The van der Waals surface area contributed by atoms with Gasteiger partial charge in [-0.25, -0.2) is 0 Å². The molecule has 1 amide bonds. The van der Waals surface area contributed by atoms with E-state index < -0.39 is 6.10 Å². The van der Waals surface area contributed by atoms with Crippen LogP contribution in [0.3, 0.4) is 0 Å². The van der Waals surface area contributed by atoms with Crippen molar-refractivity contribution in [2.75, 3.05) is 39.3 Å². The molecule has 0 radical (unpaired) electrons. The highest BCUT2D eigenvalue weighted by Gasteiger charge is 2.19. The van der Waals surface area contributed by atoms with Crippen molar-refractivity contribution in [1.29, 1.82) is 0 Å². The van der Waals surface area contributed by atoms with Gasteiger partial charge in [0.25, 0.3) is 0 Å². The second kappa shape index (κ2) is 11.4. The first-order chi connectivity index (χ1) is 12.7. The van der Waals surface area contributed by atoms with E-state index in [4.69, 9.17) is 0 Å². The molecule has 2 aromatic rings. The lowest BCUT2D eigenvalue weighted by Gasteiger charge is -2.29. The molecular formula is C20H28ClN3O2S.